The maximum Gasteiger partial charge on any atom is 0.213 e. The van der Waals surface area contributed by atoms with Gasteiger partial charge in [-0.1, -0.05) is 20.8 Å². The molecule has 0 radical (unpaired) electrons. The van der Waals surface area contributed by atoms with Crippen molar-refractivity contribution in [2.24, 2.45) is 5.14 Å². The van der Waals surface area contributed by atoms with E-state index in [1.54, 1.807) is 12.3 Å². The van der Waals surface area contributed by atoms with Gasteiger partial charge in [-0.2, -0.15) is 0 Å². The Balaban J connectivity index is 2.21. The Morgan fingerprint density at radius 1 is 1.42 bits per heavy atom. The van der Waals surface area contributed by atoms with Crippen molar-refractivity contribution in [2.75, 3.05) is 18.0 Å². The van der Waals surface area contributed by atoms with E-state index < -0.39 is 15.3 Å². The first-order chi connectivity index (χ1) is 8.68. The molecule has 0 spiro atoms. The summed E-state index contributed by atoms with van der Waals surface area (Å²) in [6.07, 6.45) is 2.26. The Bertz CT molecular complexity index is 565. The average Bonchev–Trinajstić information content (AvgIpc) is 2.77. The van der Waals surface area contributed by atoms with Gasteiger partial charge in [-0.05, 0) is 12.5 Å². The van der Waals surface area contributed by atoms with Crippen molar-refractivity contribution < 1.29 is 8.42 Å². The Morgan fingerprint density at radius 2 is 2.11 bits per heavy atom. The van der Waals surface area contributed by atoms with E-state index in [1.165, 1.54) is 0 Å². The summed E-state index contributed by atoms with van der Waals surface area (Å²) >= 11 is 0. The Hall–Kier alpha value is -1.21. The second-order valence-corrected chi connectivity index (χ2v) is 7.78. The van der Waals surface area contributed by atoms with Crippen LogP contribution in [0.25, 0.3) is 0 Å². The topological polar surface area (TPSA) is 89.2 Å². The minimum atomic E-state index is -3.47. The highest BCUT2D eigenvalue weighted by atomic mass is 32.2. The summed E-state index contributed by atoms with van der Waals surface area (Å²) in [4.78, 5) is 10.7. The molecule has 1 aromatic heterocycles. The molecule has 2 rings (SSSR count). The number of sulfonamides is 1. The highest BCUT2D eigenvalue weighted by Crippen LogP contribution is 2.24. The molecular weight excluding hydrogens is 264 g/mol. The fourth-order valence-electron chi connectivity index (χ4n) is 2.09. The van der Waals surface area contributed by atoms with Crippen molar-refractivity contribution in [1.82, 2.24) is 9.97 Å². The number of primary sulfonamides is 1. The van der Waals surface area contributed by atoms with Gasteiger partial charge in [0.15, 0.2) is 0 Å². The van der Waals surface area contributed by atoms with Crippen LogP contribution in [-0.2, 0) is 15.4 Å². The second-order valence-electron chi connectivity index (χ2n) is 5.93. The lowest BCUT2D eigenvalue weighted by atomic mass is 9.96. The lowest BCUT2D eigenvalue weighted by Gasteiger charge is -2.21. The summed E-state index contributed by atoms with van der Waals surface area (Å²) in [5, 5.41) is 4.69. The normalized spacial score (nSPS) is 20.8. The monoisotopic (exact) mass is 284 g/mol. The van der Waals surface area contributed by atoms with Crippen LogP contribution >= 0.6 is 0 Å². The molecule has 1 aliphatic rings. The van der Waals surface area contributed by atoms with E-state index in [4.69, 9.17) is 5.14 Å². The van der Waals surface area contributed by atoms with Gasteiger partial charge in [-0.15, -0.1) is 0 Å². The van der Waals surface area contributed by atoms with Crippen LogP contribution in [0, 0.1) is 0 Å². The molecule has 2 heterocycles. The van der Waals surface area contributed by atoms with Gasteiger partial charge in [0.05, 0.1) is 5.25 Å². The van der Waals surface area contributed by atoms with Crippen LogP contribution in [0.4, 0.5) is 5.82 Å². The molecule has 2 N–H and O–H groups in total. The van der Waals surface area contributed by atoms with Crippen LogP contribution < -0.4 is 10.0 Å². The first kappa shape index (κ1) is 14.2. The lowest BCUT2D eigenvalue weighted by molar-refractivity contribution is 0.544. The van der Waals surface area contributed by atoms with Crippen LogP contribution in [0.1, 0.15) is 33.0 Å². The fraction of sp³-hybridized carbons (Fsp3) is 0.667. The maximum atomic E-state index is 11.4. The summed E-state index contributed by atoms with van der Waals surface area (Å²) in [5.41, 5.74) is -0.130. The highest BCUT2D eigenvalue weighted by molar-refractivity contribution is 7.89. The average molecular weight is 284 g/mol. The van der Waals surface area contributed by atoms with E-state index in [-0.39, 0.29) is 5.41 Å². The van der Waals surface area contributed by atoms with Crippen LogP contribution in [0.3, 0.4) is 0 Å². The second kappa shape index (κ2) is 4.72. The fourth-order valence-corrected chi connectivity index (χ4v) is 2.91. The zero-order valence-electron chi connectivity index (χ0n) is 11.5. The number of anilines is 1. The largest absolute Gasteiger partial charge is 0.355 e. The first-order valence-corrected chi connectivity index (χ1v) is 7.89. The van der Waals surface area contributed by atoms with Crippen molar-refractivity contribution in [1.29, 1.82) is 0 Å². The molecule has 0 bridgehead atoms. The van der Waals surface area contributed by atoms with Crippen molar-refractivity contribution >= 4 is 15.8 Å². The van der Waals surface area contributed by atoms with Crippen molar-refractivity contribution in [3.8, 4) is 0 Å². The molecule has 0 amide bonds. The number of nitrogens with zero attached hydrogens (tertiary/aromatic N) is 3. The third-order valence-corrected chi connectivity index (χ3v) is 4.56. The molecule has 6 nitrogen and oxygen atoms in total. The SMILES string of the molecule is CC(C)(C)c1nccc(N2CC[C@@H](S(N)(=O)=O)C2)n1. The van der Waals surface area contributed by atoms with E-state index in [2.05, 4.69) is 9.97 Å². The van der Waals surface area contributed by atoms with E-state index in [9.17, 15) is 8.42 Å². The van der Waals surface area contributed by atoms with Gasteiger partial charge in [0.1, 0.15) is 11.6 Å². The third kappa shape index (κ3) is 3.22. The van der Waals surface area contributed by atoms with Crippen LogP contribution in [-0.4, -0.2) is 36.7 Å². The quantitative estimate of drug-likeness (QED) is 0.861. The predicted molar refractivity (Wildman–Crippen MR) is 74.5 cm³/mol. The highest BCUT2D eigenvalue weighted by Gasteiger charge is 2.31. The zero-order valence-corrected chi connectivity index (χ0v) is 12.3. The summed E-state index contributed by atoms with van der Waals surface area (Å²) in [6, 6.07) is 1.81. The van der Waals surface area contributed by atoms with E-state index >= 15 is 0 Å². The van der Waals surface area contributed by atoms with Gasteiger partial charge < -0.3 is 4.90 Å². The molecule has 1 atom stereocenters. The molecule has 0 saturated carbocycles. The van der Waals surface area contributed by atoms with Gasteiger partial charge in [-0.3, -0.25) is 0 Å². The number of nitrogens with two attached hydrogens (primary N) is 1. The smallest absolute Gasteiger partial charge is 0.213 e. The Kier molecular flexibility index (Phi) is 3.53. The molecule has 106 valence electrons. The minimum absolute atomic E-state index is 0.130. The summed E-state index contributed by atoms with van der Waals surface area (Å²) in [5.74, 6) is 1.52. The summed E-state index contributed by atoms with van der Waals surface area (Å²) in [7, 11) is -3.47. The van der Waals surface area contributed by atoms with Crippen LogP contribution in [0.15, 0.2) is 12.3 Å². The zero-order chi connectivity index (χ0) is 14.3. The molecule has 0 unspecified atom stereocenters. The standard InChI is InChI=1S/C12H20N4O2S/c1-12(2,3)11-14-6-4-10(15-11)16-7-5-9(8-16)19(13,17)18/h4,6,9H,5,7-8H2,1-3H3,(H2,13,17,18)/t9-/m1/s1. The molecule has 0 aliphatic carbocycles. The van der Waals surface area contributed by atoms with Crippen molar-refractivity contribution in [3.05, 3.63) is 18.1 Å². The van der Waals surface area contributed by atoms with Gasteiger partial charge in [-0.25, -0.2) is 23.5 Å². The van der Waals surface area contributed by atoms with Crippen LogP contribution in [0.2, 0.25) is 0 Å². The number of aromatic nitrogens is 2. The minimum Gasteiger partial charge on any atom is -0.355 e. The van der Waals surface area contributed by atoms with Crippen molar-refractivity contribution in [2.45, 2.75) is 37.9 Å². The molecule has 0 aromatic carbocycles. The molecule has 19 heavy (non-hydrogen) atoms. The predicted octanol–water partition coefficient (Wildman–Crippen LogP) is 0.641. The maximum absolute atomic E-state index is 11.4. The molecule has 1 saturated heterocycles. The molecular formula is C12H20N4O2S. The lowest BCUT2D eigenvalue weighted by Crippen LogP contribution is -2.32. The van der Waals surface area contributed by atoms with Crippen molar-refractivity contribution in [3.63, 3.8) is 0 Å². The van der Waals surface area contributed by atoms with Gasteiger partial charge >= 0.3 is 0 Å². The van der Waals surface area contributed by atoms with E-state index in [1.807, 2.05) is 25.7 Å². The Labute approximate surface area is 114 Å². The number of hydrogen-bond acceptors (Lipinski definition) is 5. The van der Waals surface area contributed by atoms with Gasteiger partial charge in [0, 0.05) is 24.7 Å². The van der Waals surface area contributed by atoms with E-state index in [0.29, 0.717) is 19.5 Å². The van der Waals surface area contributed by atoms with Gasteiger partial charge in [0.25, 0.3) is 0 Å². The summed E-state index contributed by atoms with van der Waals surface area (Å²) < 4.78 is 22.7. The Morgan fingerprint density at radius 3 is 2.63 bits per heavy atom. The molecule has 1 aliphatic heterocycles. The number of hydrogen-bond donors (Lipinski definition) is 1. The third-order valence-electron chi connectivity index (χ3n) is 3.25. The number of rotatable bonds is 2. The summed E-state index contributed by atoms with van der Waals surface area (Å²) in [6.45, 7) is 7.19. The molecule has 7 heteroatoms. The first-order valence-electron chi connectivity index (χ1n) is 6.28. The van der Waals surface area contributed by atoms with Gasteiger partial charge in [0.2, 0.25) is 10.0 Å². The molecule has 1 aromatic rings. The van der Waals surface area contributed by atoms with E-state index in [0.717, 1.165) is 11.6 Å². The molecule has 1 fully saturated rings. The van der Waals surface area contributed by atoms with Crippen LogP contribution in [0.5, 0.6) is 0 Å².